The van der Waals surface area contributed by atoms with Gasteiger partial charge in [-0.05, 0) is 5.56 Å². The minimum absolute atomic E-state index is 0. The maximum absolute atomic E-state index is 12.0. The van der Waals surface area contributed by atoms with Crippen LogP contribution in [0.5, 0.6) is 0 Å². The summed E-state index contributed by atoms with van der Waals surface area (Å²) in [5, 5.41) is 2.73. The molecule has 0 heterocycles. The molecule has 0 aliphatic heterocycles. The second kappa shape index (κ2) is 9.37. The molecule has 0 aliphatic rings. The molecule has 6 heteroatoms. The van der Waals surface area contributed by atoms with Crippen LogP contribution < -0.4 is 11.1 Å². The van der Waals surface area contributed by atoms with Gasteiger partial charge in [0.25, 0.3) is 0 Å². The number of benzene rings is 1. The lowest BCUT2D eigenvalue weighted by Crippen LogP contribution is -2.39. The highest BCUT2D eigenvalue weighted by molar-refractivity contribution is 5.85. The third kappa shape index (κ3) is 5.73. The first-order valence-corrected chi connectivity index (χ1v) is 6.63. The number of amides is 1. The molecule has 1 aromatic carbocycles. The zero-order valence-corrected chi connectivity index (χ0v) is 13.4. The number of hydrogen-bond acceptors (Lipinski definition) is 4. The molecular formula is C15H23ClN2O3. The second-order valence-electron chi connectivity index (χ2n) is 4.89. The number of halogens is 1. The van der Waals surface area contributed by atoms with E-state index in [1.165, 1.54) is 7.11 Å². The molecule has 3 atom stereocenters. The molecule has 0 saturated carbocycles. The molecule has 0 aliphatic carbocycles. The van der Waals surface area contributed by atoms with Gasteiger partial charge in [0.15, 0.2) is 0 Å². The van der Waals surface area contributed by atoms with Crippen molar-refractivity contribution in [2.45, 2.75) is 19.9 Å². The van der Waals surface area contributed by atoms with Gasteiger partial charge in [-0.25, -0.2) is 0 Å². The van der Waals surface area contributed by atoms with E-state index in [1.54, 1.807) is 13.8 Å². The maximum atomic E-state index is 12.0. The van der Waals surface area contributed by atoms with Gasteiger partial charge in [-0.15, -0.1) is 12.4 Å². The van der Waals surface area contributed by atoms with Crippen LogP contribution >= 0.6 is 12.4 Å². The van der Waals surface area contributed by atoms with Crippen molar-refractivity contribution >= 4 is 24.3 Å². The lowest BCUT2D eigenvalue weighted by atomic mass is 9.94. The molecule has 1 amide bonds. The predicted octanol–water partition coefficient (Wildman–Crippen LogP) is 1.67. The van der Waals surface area contributed by atoms with Gasteiger partial charge in [-0.3, -0.25) is 9.59 Å². The molecular weight excluding hydrogens is 292 g/mol. The number of carbonyl (C=O) groups excluding carboxylic acids is 2. The average Bonchev–Trinajstić information content (AvgIpc) is 2.50. The van der Waals surface area contributed by atoms with Crippen molar-refractivity contribution in [3.05, 3.63) is 35.9 Å². The molecule has 0 bridgehead atoms. The quantitative estimate of drug-likeness (QED) is 0.783. The van der Waals surface area contributed by atoms with Crippen LogP contribution in [-0.4, -0.2) is 25.5 Å². The first-order valence-electron chi connectivity index (χ1n) is 6.63. The van der Waals surface area contributed by atoms with Crippen LogP contribution in [0.1, 0.15) is 25.5 Å². The van der Waals surface area contributed by atoms with Crippen molar-refractivity contribution < 1.29 is 14.3 Å². The van der Waals surface area contributed by atoms with Crippen LogP contribution in [0.25, 0.3) is 0 Å². The van der Waals surface area contributed by atoms with E-state index in [0.29, 0.717) is 0 Å². The number of esters is 1. The molecule has 0 fully saturated rings. The Morgan fingerprint density at radius 1 is 1.24 bits per heavy atom. The molecule has 0 radical (unpaired) electrons. The highest BCUT2D eigenvalue weighted by atomic mass is 35.5. The summed E-state index contributed by atoms with van der Waals surface area (Å²) in [6.45, 7) is 3.72. The lowest BCUT2D eigenvalue weighted by molar-refractivity contribution is -0.144. The summed E-state index contributed by atoms with van der Waals surface area (Å²) in [6.07, 6.45) is 0. The highest BCUT2D eigenvalue weighted by Crippen LogP contribution is 2.19. The summed E-state index contributed by atoms with van der Waals surface area (Å²) in [5.74, 6) is -1.26. The number of methoxy groups -OCH3 is 1. The van der Waals surface area contributed by atoms with Crippen LogP contribution in [0.4, 0.5) is 0 Å². The number of nitrogens with two attached hydrogens (primary N) is 1. The van der Waals surface area contributed by atoms with Gasteiger partial charge >= 0.3 is 5.97 Å². The topological polar surface area (TPSA) is 81.4 Å². The van der Waals surface area contributed by atoms with Gasteiger partial charge in [0.2, 0.25) is 5.91 Å². The molecule has 1 rings (SSSR count). The van der Waals surface area contributed by atoms with Crippen molar-refractivity contribution in [2.24, 2.45) is 17.6 Å². The van der Waals surface area contributed by atoms with E-state index in [2.05, 4.69) is 10.1 Å². The Hall–Kier alpha value is -1.59. The molecule has 1 aromatic rings. The number of rotatable bonds is 6. The van der Waals surface area contributed by atoms with Gasteiger partial charge in [-0.2, -0.15) is 0 Å². The van der Waals surface area contributed by atoms with E-state index < -0.39 is 0 Å². The van der Waals surface area contributed by atoms with Crippen LogP contribution in [-0.2, 0) is 14.3 Å². The van der Waals surface area contributed by atoms with Crippen LogP contribution in [0.2, 0.25) is 0 Å². The van der Waals surface area contributed by atoms with Crippen LogP contribution in [0.3, 0.4) is 0 Å². The van der Waals surface area contributed by atoms with E-state index in [-0.39, 0.29) is 48.7 Å². The maximum Gasteiger partial charge on any atom is 0.310 e. The third-order valence-electron chi connectivity index (χ3n) is 3.32. The molecule has 0 aromatic heterocycles. The Bertz CT molecular complexity index is 453. The summed E-state index contributed by atoms with van der Waals surface area (Å²) in [4.78, 5) is 23.3. The van der Waals surface area contributed by atoms with E-state index in [9.17, 15) is 9.59 Å². The van der Waals surface area contributed by atoms with Crippen LogP contribution in [0.15, 0.2) is 30.3 Å². The van der Waals surface area contributed by atoms with Crippen molar-refractivity contribution in [2.75, 3.05) is 13.7 Å². The number of ether oxygens (including phenoxy) is 1. The average molecular weight is 315 g/mol. The molecule has 3 N–H and O–H groups in total. The standard InChI is InChI=1S/C15H22N2O3.ClH/c1-10(15(19)20-3)9-17-14(18)11(2)13(16)12-7-5-4-6-8-12;/h4-8,10-11,13H,9,16H2,1-3H3,(H,17,18);1H. The predicted molar refractivity (Wildman–Crippen MR) is 84.0 cm³/mol. The van der Waals surface area contributed by atoms with Crippen molar-refractivity contribution in [3.63, 3.8) is 0 Å². The Balaban J connectivity index is 0.00000400. The minimum atomic E-state index is -0.373. The van der Waals surface area contributed by atoms with Crippen molar-refractivity contribution in [3.8, 4) is 0 Å². The monoisotopic (exact) mass is 314 g/mol. The Kier molecular flexibility index (Phi) is 8.66. The third-order valence-corrected chi connectivity index (χ3v) is 3.32. The number of nitrogens with one attached hydrogen (secondary N) is 1. The zero-order chi connectivity index (χ0) is 15.1. The van der Waals surface area contributed by atoms with Gasteiger partial charge in [0.1, 0.15) is 0 Å². The fraction of sp³-hybridized carbons (Fsp3) is 0.467. The lowest BCUT2D eigenvalue weighted by Gasteiger charge is -2.20. The fourth-order valence-corrected chi connectivity index (χ4v) is 1.83. The number of hydrogen-bond donors (Lipinski definition) is 2. The Morgan fingerprint density at radius 3 is 2.33 bits per heavy atom. The minimum Gasteiger partial charge on any atom is -0.469 e. The summed E-state index contributed by atoms with van der Waals surface area (Å²) in [5.41, 5.74) is 6.99. The fourth-order valence-electron chi connectivity index (χ4n) is 1.83. The second-order valence-corrected chi connectivity index (χ2v) is 4.89. The zero-order valence-electron chi connectivity index (χ0n) is 12.5. The first-order chi connectivity index (χ1) is 9.47. The smallest absolute Gasteiger partial charge is 0.310 e. The number of carbonyl (C=O) groups is 2. The Morgan fingerprint density at radius 2 is 1.81 bits per heavy atom. The van der Waals surface area contributed by atoms with Crippen LogP contribution in [0, 0.1) is 11.8 Å². The molecule has 0 saturated heterocycles. The summed E-state index contributed by atoms with van der Waals surface area (Å²) < 4.78 is 4.61. The van der Waals surface area contributed by atoms with Gasteiger partial charge in [0.05, 0.1) is 18.9 Å². The van der Waals surface area contributed by atoms with Crippen molar-refractivity contribution in [1.29, 1.82) is 0 Å². The molecule has 3 unspecified atom stereocenters. The molecule has 5 nitrogen and oxygen atoms in total. The summed E-state index contributed by atoms with van der Waals surface area (Å²) in [6, 6.07) is 9.10. The molecule has 118 valence electrons. The van der Waals surface area contributed by atoms with Gasteiger partial charge in [0, 0.05) is 12.6 Å². The first kappa shape index (κ1) is 19.4. The van der Waals surface area contributed by atoms with Gasteiger partial charge in [-0.1, -0.05) is 44.2 Å². The largest absolute Gasteiger partial charge is 0.469 e. The van der Waals surface area contributed by atoms with Crippen molar-refractivity contribution in [1.82, 2.24) is 5.32 Å². The Labute approximate surface area is 131 Å². The van der Waals surface area contributed by atoms with E-state index in [4.69, 9.17) is 5.73 Å². The van der Waals surface area contributed by atoms with E-state index in [0.717, 1.165) is 5.56 Å². The molecule has 0 spiro atoms. The summed E-state index contributed by atoms with van der Waals surface area (Å²) in [7, 11) is 1.33. The van der Waals surface area contributed by atoms with E-state index >= 15 is 0 Å². The molecule has 21 heavy (non-hydrogen) atoms. The van der Waals surface area contributed by atoms with E-state index in [1.807, 2.05) is 30.3 Å². The summed E-state index contributed by atoms with van der Waals surface area (Å²) >= 11 is 0. The normalized spacial score (nSPS) is 14.3. The highest BCUT2D eigenvalue weighted by Gasteiger charge is 2.23. The SMILES string of the molecule is COC(=O)C(C)CNC(=O)C(C)C(N)c1ccccc1.Cl. The van der Waals surface area contributed by atoms with Gasteiger partial charge < -0.3 is 15.8 Å².